The van der Waals surface area contributed by atoms with Crippen molar-refractivity contribution in [1.29, 1.82) is 0 Å². The van der Waals surface area contributed by atoms with E-state index in [1.807, 2.05) is 30.5 Å². The first-order valence-corrected chi connectivity index (χ1v) is 18.0. The quantitative estimate of drug-likeness (QED) is 0.156. The van der Waals surface area contributed by atoms with Gasteiger partial charge in [-0.3, -0.25) is 0 Å². The van der Waals surface area contributed by atoms with Gasteiger partial charge >= 0.3 is 0 Å². The number of benzene rings is 7. The number of para-hydroxylation sites is 6. The molecule has 11 rings (SSSR count). The van der Waals surface area contributed by atoms with Crippen molar-refractivity contribution in [2.45, 2.75) is 0 Å². The van der Waals surface area contributed by atoms with Crippen LogP contribution in [0, 0.1) is 18.8 Å². The van der Waals surface area contributed by atoms with Crippen LogP contribution in [0.5, 0.6) is 11.5 Å². The van der Waals surface area contributed by atoms with Crippen molar-refractivity contribution in [2.75, 3.05) is 9.80 Å². The molecule has 3 aromatic heterocycles. The van der Waals surface area contributed by atoms with Crippen LogP contribution < -0.4 is 14.5 Å². The fraction of sp³-hybridized carbons (Fsp3) is 0. The molecule has 10 aromatic rings. The molecule has 7 aromatic carbocycles. The van der Waals surface area contributed by atoms with E-state index in [1.165, 1.54) is 5.39 Å². The van der Waals surface area contributed by atoms with E-state index < -0.39 is 0 Å². The third-order valence-corrected chi connectivity index (χ3v) is 10.2. The zero-order valence-electron chi connectivity index (χ0n) is 29.3. The van der Waals surface area contributed by atoms with Gasteiger partial charge in [0.05, 0.1) is 11.0 Å². The van der Waals surface area contributed by atoms with E-state index in [0.717, 1.165) is 72.5 Å². The topological polar surface area (TPSA) is 38.5 Å². The molecule has 0 spiro atoms. The van der Waals surface area contributed by atoms with Gasteiger partial charge < -0.3 is 23.7 Å². The van der Waals surface area contributed by atoms with Crippen LogP contribution in [0.1, 0.15) is 0 Å². The van der Waals surface area contributed by atoms with Crippen molar-refractivity contribution in [1.82, 2.24) is 14.1 Å². The Balaban J connectivity index is 0.00000372. The van der Waals surface area contributed by atoms with Crippen LogP contribution in [0.2, 0.25) is 0 Å². The summed E-state index contributed by atoms with van der Waals surface area (Å²) in [4.78, 5) is 9.44. The molecular weight excluding hydrogens is 858 g/mol. The van der Waals surface area contributed by atoms with Crippen LogP contribution in [0.15, 0.2) is 176 Å². The molecule has 0 N–H and O–H groups in total. The first-order valence-electron chi connectivity index (χ1n) is 18.0. The van der Waals surface area contributed by atoms with Crippen molar-refractivity contribution < 1.29 is 25.8 Å². The summed E-state index contributed by atoms with van der Waals surface area (Å²) in [6.45, 7) is 2.10. The molecule has 7 heteroatoms. The first-order chi connectivity index (χ1) is 26.8. The van der Waals surface area contributed by atoms with E-state index in [2.05, 4.69) is 183 Å². The summed E-state index contributed by atoms with van der Waals surface area (Å²) in [5, 5.41) is 4.47. The predicted molar refractivity (Wildman–Crippen MR) is 219 cm³/mol. The standard InChI is InChI=1S/C48H30N5O.Pt/c1-3-14-33(15-4-1)50-32-51(45-25-12-11-24-44(45)50)35-18-13-19-36(28-35)54-37-26-27-40-38-20-7-10-23-43(38)53(46(40)29-37)48-30-47-41(31-49-48)39-21-8-9-22-42(39)52(47)34-16-5-2-6-17-34;/h1-27,30-32H;/q-3;. The fourth-order valence-electron chi connectivity index (χ4n) is 7.85. The minimum Gasteiger partial charge on any atom is -0.509 e. The van der Waals surface area contributed by atoms with E-state index in [1.54, 1.807) is 0 Å². The smallest absolute Gasteiger partial charge is 0.137 e. The summed E-state index contributed by atoms with van der Waals surface area (Å²) in [6.07, 6.45) is 2.00. The summed E-state index contributed by atoms with van der Waals surface area (Å²) in [6, 6.07) is 65.7. The molecule has 266 valence electrons. The predicted octanol–water partition coefficient (Wildman–Crippen LogP) is 12.1. The van der Waals surface area contributed by atoms with Crippen molar-refractivity contribution >= 4 is 66.4 Å². The van der Waals surface area contributed by atoms with Crippen LogP contribution in [0.25, 0.3) is 55.1 Å². The monoisotopic (exact) mass is 887 g/mol. The molecular formula is C48H30N5OPt-3. The number of hydrogen-bond acceptors (Lipinski definition) is 4. The Labute approximate surface area is 332 Å². The molecule has 0 aliphatic carbocycles. The summed E-state index contributed by atoms with van der Waals surface area (Å²) in [5.74, 6) is 2.00. The van der Waals surface area contributed by atoms with Gasteiger partial charge in [0, 0.05) is 83.9 Å². The number of nitrogens with zero attached hydrogens (tertiary/aromatic N) is 5. The van der Waals surface area contributed by atoms with Gasteiger partial charge in [-0.1, -0.05) is 90.4 Å². The summed E-state index contributed by atoms with van der Waals surface area (Å²) < 4.78 is 11.1. The van der Waals surface area contributed by atoms with Crippen molar-refractivity contribution in [3.8, 4) is 23.0 Å². The Morgan fingerprint density at radius 3 is 1.85 bits per heavy atom. The van der Waals surface area contributed by atoms with Crippen LogP contribution in [-0.4, -0.2) is 14.1 Å². The third kappa shape index (κ3) is 5.40. The molecule has 0 saturated heterocycles. The van der Waals surface area contributed by atoms with Gasteiger partial charge in [-0.25, -0.2) is 4.98 Å². The molecule has 55 heavy (non-hydrogen) atoms. The number of rotatable bonds is 6. The number of hydrogen-bond donors (Lipinski definition) is 0. The maximum absolute atomic E-state index is 6.56. The second-order valence-electron chi connectivity index (χ2n) is 13.4. The van der Waals surface area contributed by atoms with E-state index in [4.69, 9.17) is 9.72 Å². The number of fused-ring (bicyclic) bond motifs is 7. The molecule has 0 amide bonds. The summed E-state index contributed by atoms with van der Waals surface area (Å²) in [5.41, 5.74) is 9.41. The van der Waals surface area contributed by atoms with Gasteiger partial charge in [0.2, 0.25) is 0 Å². The van der Waals surface area contributed by atoms with Crippen LogP contribution >= 0.6 is 0 Å². The molecule has 4 heterocycles. The second kappa shape index (κ2) is 13.3. The molecule has 0 bridgehead atoms. The van der Waals surface area contributed by atoms with Gasteiger partial charge in [-0.05, 0) is 53.9 Å². The molecule has 1 aliphatic rings. The van der Waals surface area contributed by atoms with Gasteiger partial charge in [0.1, 0.15) is 5.82 Å². The van der Waals surface area contributed by atoms with Gasteiger partial charge in [-0.15, -0.1) is 48.1 Å². The summed E-state index contributed by atoms with van der Waals surface area (Å²) in [7, 11) is 0. The van der Waals surface area contributed by atoms with Crippen molar-refractivity contribution in [3.63, 3.8) is 0 Å². The van der Waals surface area contributed by atoms with Gasteiger partial charge in [0.25, 0.3) is 0 Å². The first kappa shape index (κ1) is 33.0. The maximum atomic E-state index is 6.56. The Hall–Kier alpha value is -6.62. The van der Waals surface area contributed by atoms with E-state index >= 15 is 0 Å². The zero-order valence-corrected chi connectivity index (χ0v) is 31.6. The third-order valence-electron chi connectivity index (χ3n) is 10.2. The molecule has 0 fully saturated rings. The van der Waals surface area contributed by atoms with Crippen molar-refractivity contribution in [2.24, 2.45) is 0 Å². The Morgan fingerprint density at radius 1 is 0.473 bits per heavy atom. The normalized spacial score (nSPS) is 12.4. The minimum absolute atomic E-state index is 0. The minimum atomic E-state index is 0. The number of ether oxygens (including phenoxy) is 1. The Kier molecular flexibility index (Phi) is 8.00. The van der Waals surface area contributed by atoms with Crippen molar-refractivity contribution in [3.05, 3.63) is 195 Å². The van der Waals surface area contributed by atoms with E-state index in [9.17, 15) is 0 Å². The van der Waals surface area contributed by atoms with Gasteiger partial charge in [-0.2, -0.15) is 12.1 Å². The maximum Gasteiger partial charge on any atom is 0.137 e. The molecule has 1 aliphatic heterocycles. The average Bonchev–Trinajstić information content (AvgIpc) is 3.89. The number of anilines is 4. The summed E-state index contributed by atoms with van der Waals surface area (Å²) >= 11 is 0. The molecule has 0 unspecified atom stereocenters. The molecule has 0 saturated carbocycles. The fourth-order valence-corrected chi connectivity index (χ4v) is 7.85. The molecule has 0 atom stereocenters. The molecule has 6 nitrogen and oxygen atoms in total. The van der Waals surface area contributed by atoms with Crippen LogP contribution in [-0.2, 0) is 21.1 Å². The molecule has 0 radical (unpaired) electrons. The number of aromatic nitrogens is 3. The van der Waals surface area contributed by atoms with Gasteiger partial charge in [0.15, 0.2) is 0 Å². The largest absolute Gasteiger partial charge is 0.509 e. The second-order valence-corrected chi connectivity index (χ2v) is 13.4. The van der Waals surface area contributed by atoms with E-state index in [-0.39, 0.29) is 21.1 Å². The SMILES string of the molecule is [Pt].[c-]1c(Oc2[c-]c3c(cc2)c2ccccc2n3-c2cc3c(cn2)c2ccccc2n3-c2ccccc2)cccc1N1[CH-]N(c2ccccc2)c2ccccc21. The van der Waals surface area contributed by atoms with E-state index in [0.29, 0.717) is 11.5 Å². The average molecular weight is 888 g/mol. The number of pyridine rings is 1. The van der Waals surface area contributed by atoms with Crippen LogP contribution in [0.3, 0.4) is 0 Å². The van der Waals surface area contributed by atoms with Crippen LogP contribution in [0.4, 0.5) is 22.7 Å². The Morgan fingerprint density at radius 2 is 1.09 bits per heavy atom. The Bertz CT molecular complexity index is 3030. The zero-order chi connectivity index (χ0) is 35.6.